The standard InChI is InChI=1S/C9H18O3.C9H16O3/c2*1-4-7(11-3)6(2)9-8(5-10)12-9/h6-10H,4-5H2,1-3H3;5-9H,4H2,1-3H3/t2*6-,7+,8+,9+/m11/s1. The van der Waals surface area contributed by atoms with Crippen LogP contribution < -0.4 is 0 Å². The fraction of sp³-hybridized carbons (Fsp3) is 0.944. The lowest BCUT2D eigenvalue weighted by Gasteiger charge is -2.19. The summed E-state index contributed by atoms with van der Waals surface area (Å²) in [6, 6.07) is 0. The normalized spacial score (nSPS) is 32.8. The number of epoxide rings is 2. The van der Waals surface area contributed by atoms with E-state index in [2.05, 4.69) is 27.7 Å². The number of aliphatic hydroxyl groups excluding tert-OH is 1. The molecule has 0 amide bonds. The van der Waals surface area contributed by atoms with E-state index in [1.165, 1.54) is 0 Å². The third kappa shape index (κ3) is 5.77. The molecule has 2 aliphatic rings. The summed E-state index contributed by atoms with van der Waals surface area (Å²) in [5.41, 5.74) is 0. The molecule has 0 aliphatic carbocycles. The summed E-state index contributed by atoms with van der Waals surface area (Å²) in [6.45, 7) is 8.48. The Balaban J connectivity index is 0.000000240. The van der Waals surface area contributed by atoms with Crippen molar-refractivity contribution in [1.29, 1.82) is 0 Å². The maximum absolute atomic E-state index is 10.3. The number of aliphatic hydroxyl groups is 1. The molecule has 0 bridgehead atoms. The van der Waals surface area contributed by atoms with Crippen LogP contribution in [0.25, 0.3) is 0 Å². The van der Waals surface area contributed by atoms with Gasteiger partial charge in [0.25, 0.3) is 0 Å². The number of methoxy groups -OCH3 is 2. The fourth-order valence-electron chi connectivity index (χ4n) is 3.36. The van der Waals surface area contributed by atoms with Gasteiger partial charge in [-0.25, -0.2) is 0 Å². The molecule has 24 heavy (non-hydrogen) atoms. The van der Waals surface area contributed by atoms with Gasteiger partial charge in [0.1, 0.15) is 12.2 Å². The van der Waals surface area contributed by atoms with Crippen molar-refractivity contribution in [1.82, 2.24) is 0 Å². The van der Waals surface area contributed by atoms with E-state index in [1.807, 2.05) is 0 Å². The van der Waals surface area contributed by atoms with Crippen molar-refractivity contribution in [3.63, 3.8) is 0 Å². The molecule has 8 atom stereocenters. The van der Waals surface area contributed by atoms with E-state index < -0.39 is 0 Å². The van der Waals surface area contributed by atoms with E-state index in [-0.39, 0.29) is 43.2 Å². The van der Waals surface area contributed by atoms with Gasteiger partial charge >= 0.3 is 0 Å². The molecule has 2 saturated heterocycles. The van der Waals surface area contributed by atoms with Crippen LogP contribution in [0.15, 0.2) is 0 Å². The smallest absolute Gasteiger partial charge is 0.151 e. The van der Waals surface area contributed by atoms with Crippen LogP contribution in [0.3, 0.4) is 0 Å². The fourth-order valence-corrected chi connectivity index (χ4v) is 3.36. The zero-order valence-electron chi connectivity index (χ0n) is 15.8. The summed E-state index contributed by atoms with van der Waals surface area (Å²) in [6.07, 6.45) is 3.47. The van der Waals surface area contributed by atoms with E-state index in [1.54, 1.807) is 14.2 Å². The first-order chi connectivity index (χ1) is 11.5. The Kier molecular flexibility index (Phi) is 9.37. The molecule has 0 aromatic carbocycles. The van der Waals surface area contributed by atoms with Crippen LogP contribution in [0, 0.1) is 11.8 Å². The molecular formula is C18H34O6. The van der Waals surface area contributed by atoms with Crippen LogP contribution in [0.5, 0.6) is 0 Å². The van der Waals surface area contributed by atoms with E-state index in [9.17, 15) is 4.79 Å². The van der Waals surface area contributed by atoms with Gasteiger partial charge in [0.05, 0.1) is 31.0 Å². The highest BCUT2D eigenvalue weighted by atomic mass is 16.6. The largest absolute Gasteiger partial charge is 0.394 e. The lowest BCUT2D eigenvalue weighted by atomic mass is 9.97. The number of hydrogen-bond acceptors (Lipinski definition) is 6. The maximum Gasteiger partial charge on any atom is 0.151 e. The van der Waals surface area contributed by atoms with Gasteiger partial charge in [-0.2, -0.15) is 0 Å². The lowest BCUT2D eigenvalue weighted by molar-refractivity contribution is -0.108. The zero-order chi connectivity index (χ0) is 18.3. The second-order valence-electron chi connectivity index (χ2n) is 6.61. The molecular weight excluding hydrogens is 312 g/mol. The van der Waals surface area contributed by atoms with Gasteiger partial charge in [-0.15, -0.1) is 0 Å². The lowest BCUT2D eigenvalue weighted by Crippen LogP contribution is -2.25. The summed E-state index contributed by atoms with van der Waals surface area (Å²) in [5, 5.41) is 8.79. The minimum atomic E-state index is -0.177. The van der Waals surface area contributed by atoms with Crippen LogP contribution in [-0.2, 0) is 23.7 Å². The molecule has 6 heteroatoms. The van der Waals surface area contributed by atoms with Gasteiger partial charge in [-0.1, -0.05) is 27.7 Å². The third-order valence-electron chi connectivity index (χ3n) is 5.12. The summed E-state index contributed by atoms with van der Waals surface area (Å²) < 4.78 is 21.0. The number of hydrogen-bond donors (Lipinski definition) is 1. The summed E-state index contributed by atoms with van der Waals surface area (Å²) in [7, 11) is 3.42. The van der Waals surface area contributed by atoms with E-state index >= 15 is 0 Å². The van der Waals surface area contributed by atoms with Crippen molar-refractivity contribution < 1.29 is 28.8 Å². The number of carbonyl (C=O) groups is 1. The number of ether oxygens (including phenoxy) is 4. The maximum atomic E-state index is 10.3. The Labute approximate surface area is 145 Å². The number of rotatable bonds is 10. The molecule has 0 unspecified atom stereocenters. The summed E-state index contributed by atoms with van der Waals surface area (Å²) >= 11 is 0. The van der Waals surface area contributed by atoms with Gasteiger partial charge in [0.2, 0.25) is 0 Å². The Bertz CT molecular complexity index is 355. The molecule has 2 rings (SSSR count). The Morgan fingerprint density at radius 2 is 1.50 bits per heavy atom. The molecule has 2 fully saturated rings. The van der Waals surface area contributed by atoms with Crippen LogP contribution >= 0.6 is 0 Å². The summed E-state index contributed by atoms with van der Waals surface area (Å²) in [5.74, 6) is 0.701. The van der Waals surface area contributed by atoms with E-state index in [0.29, 0.717) is 11.8 Å². The van der Waals surface area contributed by atoms with Crippen molar-refractivity contribution in [3.8, 4) is 0 Å². The highest BCUT2D eigenvalue weighted by Crippen LogP contribution is 2.33. The Morgan fingerprint density at radius 3 is 1.79 bits per heavy atom. The van der Waals surface area contributed by atoms with Crippen LogP contribution in [0.2, 0.25) is 0 Å². The molecule has 0 aromatic rings. The van der Waals surface area contributed by atoms with Crippen LogP contribution in [-0.4, -0.2) is 68.8 Å². The molecule has 0 radical (unpaired) electrons. The predicted octanol–water partition coefficient (Wildman–Crippen LogP) is 1.82. The minimum Gasteiger partial charge on any atom is -0.394 e. The van der Waals surface area contributed by atoms with Crippen LogP contribution in [0.4, 0.5) is 0 Å². The minimum absolute atomic E-state index is 0.0594. The zero-order valence-corrected chi connectivity index (χ0v) is 15.8. The van der Waals surface area contributed by atoms with Crippen LogP contribution in [0.1, 0.15) is 40.5 Å². The van der Waals surface area contributed by atoms with E-state index in [0.717, 1.165) is 19.1 Å². The first-order valence-electron chi connectivity index (χ1n) is 8.91. The first-order valence-corrected chi connectivity index (χ1v) is 8.91. The second kappa shape index (κ2) is 10.5. The monoisotopic (exact) mass is 346 g/mol. The Hall–Kier alpha value is -0.530. The van der Waals surface area contributed by atoms with Gasteiger partial charge < -0.3 is 28.8 Å². The van der Waals surface area contributed by atoms with Gasteiger partial charge in [-0.05, 0) is 12.8 Å². The van der Waals surface area contributed by atoms with Crippen molar-refractivity contribution in [2.75, 3.05) is 20.8 Å². The van der Waals surface area contributed by atoms with E-state index in [4.69, 9.17) is 24.1 Å². The second-order valence-corrected chi connectivity index (χ2v) is 6.61. The third-order valence-corrected chi connectivity index (χ3v) is 5.12. The molecule has 0 aromatic heterocycles. The SMILES string of the molecule is CC[C@H](OC)[C@@H](C)[C@@H]1O[C@H]1C=O.CC[C@H](OC)[C@@H](C)[C@@H]1O[C@H]1CO. The van der Waals surface area contributed by atoms with Gasteiger partial charge in [-0.3, -0.25) is 0 Å². The molecule has 1 N–H and O–H groups in total. The number of aldehydes is 1. The number of carbonyl (C=O) groups excluding carboxylic acids is 1. The average Bonchev–Trinajstić information content (AvgIpc) is 3.50. The predicted molar refractivity (Wildman–Crippen MR) is 91.0 cm³/mol. The van der Waals surface area contributed by atoms with Crippen molar-refractivity contribution >= 4 is 6.29 Å². The summed E-state index contributed by atoms with van der Waals surface area (Å²) in [4.78, 5) is 10.3. The van der Waals surface area contributed by atoms with Crippen molar-refractivity contribution in [3.05, 3.63) is 0 Å². The molecule has 0 spiro atoms. The molecule has 142 valence electrons. The highest BCUT2D eigenvalue weighted by molar-refractivity contribution is 5.60. The Morgan fingerprint density at radius 1 is 1.00 bits per heavy atom. The topological polar surface area (TPSA) is 80.8 Å². The quantitative estimate of drug-likeness (QED) is 0.480. The first kappa shape index (κ1) is 21.5. The van der Waals surface area contributed by atoms with Crippen molar-refractivity contribution in [2.45, 2.75) is 77.2 Å². The molecule has 2 aliphatic heterocycles. The van der Waals surface area contributed by atoms with Gasteiger partial charge in [0, 0.05) is 26.1 Å². The highest BCUT2D eigenvalue weighted by Gasteiger charge is 2.45. The molecule has 6 nitrogen and oxygen atoms in total. The molecule has 0 saturated carbocycles. The molecule has 2 heterocycles. The van der Waals surface area contributed by atoms with Gasteiger partial charge in [0.15, 0.2) is 6.29 Å². The van der Waals surface area contributed by atoms with Crippen molar-refractivity contribution in [2.24, 2.45) is 11.8 Å². The average molecular weight is 346 g/mol.